The molecule has 1 heterocycles. The van der Waals surface area contributed by atoms with Crippen molar-refractivity contribution in [2.24, 2.45) is 17.8 Å². The molecule has 51 heavy (non-hydrogen) atoms. The third-order valence-corrected chi connectivity index (χ3v) is 9.41. The van der Waals surface area contributed by atoms with E-state index in [9.17, 15) is 28.8 Å². The van der Waals surface area contributed by atoms with Crippen molar-refractivity contribution in [2.75, 3.05) is 0 Å². The number of nitrogens with zero attached hydrogens (tertiary/aromatic N) is 2. The number of nitrogens with one attached hydrogen (secondary N) is 5. The van der Waals surface area contributed by atoms with Crippen molar-refractivity contribution in [3.63, 3.8) is 0 Å². The Labute approximate surface area is 301 Å². The maximum absolute atomic E-state index is 14.0. The minimum Gasteiger partial charge on any atom is -0.345 e. The lowest BCUT2D eigenvalue weighted by Gasteiger charge is -2.31. The van der Waals surface area contributed by atoms with Gasteiger partial charge in [-0.05, 0) is 42.6 Å². The van der Waals surface area contributed by atoms with E-state index in [1.807, 2.05) is 58.0 Å². The molecule has 0 aliphatic heterocycles. The summed E-state index contributed by atoms with van der Waals surface area (Å²) in [4.78, 5) is 88.3. The molecule has 5 amide bonds. The highest BCUT2D eigenvalue weighted by Gasteiger charge is 2.35. The van der Waals surface area contributed by atoms with Crippen molar-refractivity contribution in [3.05, 3.63) is 60.2 Å². The number of benzene rings is 1. The van der Waals surface area contributed by atoms with Gasteiger partial charge in [-0.25, -0.2) is 4.98 Å². The average molecular weight is 706 g/mol. The summed E-state index contributed by atoms with van der Waals surface area (Å²) in [6.07, 6.45) is 10.5. The summed E-state index contributed by atoms with van der Waals surface area (Å²) in [6, 6.07) is 5.13. The second kappa shape index (κ2) is 20.9. The molecule has 1 saturated carbocycles. The van der Waals surface area contributed by atoms with Crippen LogP contribution in [0.4, 0.5) is 0 Å². The Hall–Kier alpha value is -4.68. The predicted molar refractivity (Wildman–Crippen MR) is 193 cm³/mol. The van der Waals surface area contributed by atoms with Crippen LogP contribution in [0.2, 0.25) is 0 Å². The first kappa shape index (κ1) is 40.7. The fourth-order valence-electron chi connectivity index (χ4n) is 6.21. The van der Waals surface area contributed by atoms with E-state index in [1.54, 1.807) is 6.92 Å². The number of carbonyl (C=O) groups excluding carboxylic acids is 6. The number of carbonyl (C=O) groups is 6. The Kier molecular flexibility index (Phi) is 16.7. The summed E-state index contributed by atoms with van der Waals surface area (Å²) in [6.45, 7) is 9.43. The summed E-state index contributed by atoms with van der Waals surface area (Å²) >= 11 is 0. The van der Waals surface area contributed by atoms with Gasteiger partial charge in [-0.1, -0.05) is 103 Å². The Bertz CT molecular complexity index is 1450. The summed E-state index contributed by atoms with van der Waals surface area (Å²) in [5.74, 6) is -3.87. The van der Waals surface area contributed by atoms with Gasteiger partial charge in [0.25, 0.3) is 11.8 Å². The summed E-state index contributed by atoms with van der Waals surface area (Å²) in [5, 5.41) is 13.8. The third-order valence-electron chi connectivity index (χ3n) is 9.41. The van der Waals surface area contributed by atoms with Crippen LogP contribution in [0.15, 0.2) is 48.9 Å². The van der Waals surface area contributed by atoms with Gasteiger partial charge in [0.15, 0.2) is 0 Å². The van der Waals surface area contributed by atoms with E-state index in [4.69, 9.17) is 0 Å². The van der Waals surface area contributed by atoms with Gasteiger partial charge in [-0.15, -0.1) is 0 Å². The zero-order valence-electron chi connectivity index (χ0n) is 30.6. The first-order chi connectivity index (χ1) is 24.4. The Balaban J connectivity index is 1.76. The van der Waals surface area contributed by atoms with E-state index >= 15 is 0 Å². The molecule has 1 aromatic heterocycles. The van der Waals surface area contributed by atoms with E-state index < -0.39 is 59.5 Å². The number of hydrogen-bond acceptors (Lipinski definition) is 8. The summed E-state index contributed by atoms with van der Waals surface area (Å²) in [5.41, 5.74) is 0.890. The molecule has 278 valence electrons. The number of ketones is 1. The van der Waals surface area contributed by atoms with Crippen LogP contribution in [-0.4, -0.2) is 69.5 Å². The molecule has 0 spiro atoms. The number of rotatable bonds is 19. The molecule has 5 N–H and O–H groups in total. The van der Waals surface area contributed by atoms with Gasteiger partial charge in [0, 0.05) is 18.9 Å². The lowest BCUT2D eigenvalue weighted by Crippen LogP contribution is -2.60. The highest BCUT2D eigenvalue weighted by atomic mass is 16.2. The second-order valence-electron chi connectivity index (χ2n) is 13.9. The standard InChI is InChI=1S/C38H55N7O6/c1-6-25(5)32(45-35(48)29(20-24(3)4)43-36(49)31-23-39-18-19-40-31)37(50)44-30(21-26-14-10-8-11-15-26)34(47)42-28(7-2)33(46)38(51)41-22-27-16-12-9-13-17-27/h9,12-13,16-19,23-26,28-30,32H,6-8,10-11,14-15,20-22H2,1-5H3,(H,41,51)(H,42,47)(H,43,49)(H,44,50)(H,45,48)/t25?,28?,29-,30-,32-/m0/s1. The van der Waals surface area contributed by atoms with Crippen molar-refractivity contribution in [2.45, 2.75) is 123 Å². The second-order valence-corrected chi connectivity index (χ2v) is 13.9. The van der Waals surface area contributed by atoms with Crippen molar-refractivity contribution in [3.8, 4) is 0 Å². The molecular formula is C38H55N7O6. The molecule has 0 saturated heterocycles. The lowest BCUT2D eigenvalue weighted by molar-refractivity contribution is -0.140. The summed E-state index contributed by atoms with van der Waals surface area (Å²) < 4.78 is 0. The van der Waals surface area contributed by atoms with E-state index in [2.05, 4.69) is 36.6 Å². The number of aromatic nitrogens is 2. The van der Waals surface area contributed by atoms with Crippen LogP contribution < -0.4 is 26.6 Å². The molecule has 1 fully saturated rings. The molecule has 0 bridgehead atoms. The molecule has 3 rings (SSSR count). The van der Waals surface area contributed by atoms with Crippen molar-refractivity contribution in [1.82, 2.24) is 36.6 Å². The van der Waals surface area contributed by atoms with Crippen LogP contribution in [0.25, 0.3) is 0 Å². The van der Waals surface area contributed by atoms with E-state index in [-0.39, 0.29) is 36.4 Å². The predicted octanol–water partition coefficient (Wildman–Crippen LogP) is 3.39. The molecule has 2 unspecified atom stereocenters. The SMILES string of the molecule is CCC(NC(=O)[C@H](CC1CCCCC1)NC(=O)[C@@H](NC(=O)[C@H](CC(C)C)NC(=O)c1cnccn1)C(C)CC)C(=O)C(=O)NCc1ccccc1. The monoisotopic (exact) mass is 705 g/mol. The van der Waals surface area contributed by atoms with E-state index in [1.165, 1.54) is 18.6 Å². The largest absolute Gasteiger partial charge is 0.345 e. The summed E-state index contributed by atoms with van der Waals surface area (Å²) in [7, 11) is 0. The Morgan fingerprint density at radius 1 is 0.765 bits per heavy atom. The Morgan fingerprint density at radius 3 is 2.04 bits per heavy atom. The van der Waals surface area contributed by atoms with Crippen LogP contribution in [0, 0.1) is 17.8 Å². The minimum atomic E-state index is -1.08. The molecule has 1 aliphatic rings. The Morgan fingerprint density at radius 2 is 1.43 bits per heavy atom. The number of hydrogen-bond donors (Lipinski definition) is 5. The molecule has 13 nitrogen and oxygen atoms in total. The van der Waals surface area contributed by atoms with Crippen molar-refractivity contribution < 1.29 is 28.8 Å². The normalized spacial score (nSPS) is 16.1. The van der Waals surface area contributed by atoms with Gasteiger partial charge in [0.1, 0.15) is 23.8 Å². The first-order valence-corrected chi connectivity index (χ1v) is 18.3. The molecule has 5 atom stereocenters. The van der Waals surface area contributed by atoms with Gasteiger partial charge in [-0.3, -0.25) is 33.8 Å². The van der Waals surface area contributed by atoms with Gasteiger partial charge in [0.2, 0.25) is 23.5 Å². The van der Waals surface area contributed by atoms with Gasteiger partial charge in [0.05, 0.1) is 12.2 Å². The maximum Gasteiger partial charge on any atom is 0.289 e. The third kappa shape index (κ3) is 13.2. The molecule has 1 aliphatic carbocycles. The van der Waals surface area contributed by atoms with Crippen LogP contribution in [0.1, 0.15) is 108 Å². The quantitative estimate of drug-likeness (QED) is 0.138. The zero-order valence-corrected chi connectivity index (χ0v) is 30.6. The number of Topliss-reactive ketones (excluding diaryl/α,β-unsaturated/α-hetero) is 1. The fraction of sp³-hybridized carbons (Fsp3) is 0.579. The average Bonchev–Trinajstić information content (AvgIpc) is 3.14. The molecular weight excluding hydrogens is 650 g/mol. The van der Waals surface area contributed by atoms with Crippen molar-refractivity contribution >= 4 is 35.3 Å². The fourth-order valence-corrected chi connectivity index (χ4v) is 6.21. The molecule has 13 heteroatoms. The van der Waals surface area contributed by atoms with Crippen LogP contribution in [0.5, 0.6) is 0 Å². The van der Waals surface area contributed by atoms with E-state index in [0.717, 1.165) is 37.7 Å². The maximum atomic E-state index is 14.0. The molecule has 1 aromatic carbocycles. The zero-order chi connectivity index (χ0) is 37.3. The minimum absolute atomic E-state index is 0.0389. The van der Waals surface area contributed by atoms with Crippen LogP contribution in [-0.2, 0) is 30.5 Å². The topological polar surface area (TPSA) is 188 Å². The van der Waals surface area contributed by atoms with Gasteiger partial charge >= 0.3 is 0 Å². The lowest BCUT2D eigenvalue weighted by atomic mass is 9.84. The van der Waals surface area contributed by atoms with Crippen molar-refractivity contribution in [1.29, 1.82) is 0 Å². The first-order valence-electron chi connectivity index (χ1n) is 18.3. The highest BCUT2D eigenvalue weighted by Crippen LogP contribution is 2.27. The smallest absolute Gasteiger partial charge is 0.289 e. The molecule has 0 radical (unpaired) electrons. The highest BCUT2D eigenvalue weighted by molar-refractivity contribution is 6.38. The van der Waals surface area contributed by atoms with E-state index in [0.29, 0.717) is 19.3 Å². The molecule has 2 aromatic rings. The van der Waals surface area contributed by atoms with Gasteiger partial charge in [-0.2, -0.15) is 0 Å². The van der Waals surface area contributed by atoms with Crippen LogP contribution >= 0.6 is 0 Å². The van der Waals surface area contributed by atoms with Gasteiger partial charge < -0.3 is 26.6 Å². The number of amides is 5. The van der Waals surface area contributed by atoms with Crippen LogP contribution in [0.3, 0.4) is 0 Å².